The number of pyridine rings is 1. The predicted octanol–water partition coefficient (Wildman–Crippen LogP) is 3.15. The zero-order chi connectivity index (χ0) is 14.8. The predicted molar refractivity (Wildman–Crippen MR) is 88.0 cm³/mol. The quantitative estimate of drug-likeness (QED) is 0.668. The van der Waals surface area contributed by atoms with Crippen molar-refractivity contribution < 1.29 is 0 Å². The van der Waals surface area contributed by atoms with E-state index in [1.165, 1.54) is 19.3 Å². The summed E-state index contributed by atoms with van der Waals surface area (Å²) in [5, 5.41) is 8.78. The highest BCUT2D eigenvalue weighted by Gasteiger charge is 2.23. The number of para-hydroxylation sites is 1. The van der Waals surface area contributed by atoms with E-state index in [4.69, 9.17) is 16.1 Å². The molecule has 1 fully saturated rings. The van der Waals surface area contributed by atoms with Crippen molar-refractivity contribution in [1.82, 2.24) is 4.98 Å². The fraction of sp³-hybridized carbons (Fsp3) is 0.412. The molecule has 0 spiro atoms. The Morgan fingerprint density at radius 2 is 2.24 bits per heavy atom. The van der Waals surface area contributed by atoms with Gasteiger partial charge in [0.05, 0.1) is 5.52 Å². The van der Waals surface area contributed by atoms with E-state index in [1.807, 2.05) is 30.3 Å². The van der Waals surface area contributed by atoms with Crippen molar-refractivity contribution >= 4 is 22.6 Å². The molecule has 2 heterocycles. The fourth-order valence-corrected chi connectivity index (χ4v) is 3.23. The van der Waals surface area contributed by atoms with Crippen LogP contribution in [0.1, 0.15) is 31.7 Å². The van der Waals surface area contributed by atoms with Gasteiger partial charge >= 0.3 is 0 Å². The van der Waals surface area contributed by atoms with E-state index >= 15 is 0 Å². The largest absolute Gasteiger partial charge is 0.384 e. The first-order chi connectivity index (χ1) is 10.2. The van der Waals surface area contributed by atoms with Crippen LogP contribution in [0.2, 0.25) is 0 Å². The first kappa shape index (κ1) is 13.9. The highest BCUT2D eigenvalue weighted by Crippen LogP contribution is 2.28. The number of nitrogens with zero attached hydrogens (tertiary/aromatic N) is 2. The van der Waals surface area contributed by atoms with Crippen molar-refractivity contribution in [2.45, 2.75) is 26.2 Å². The Morgan fingerprint density at radius 1 is 1.43 bits per heavy atom. The minimum atomic E-state index is 0.110. The maximum atomic E-state index is 7.82. The smallest absolute Gasteiger partial charge is 0.129 e. The number of rotatable bonds is 4. The van der Waals surface area contributed by atoms with Crippen LogP contribution in [0.4, 0.5) is 5.82 Å². The molecule has 21 heavy (non-hydrogen) atoms. The van der Waals surface area contributed by atoms with E-state index in [9.17, 15) is 0 Å². The first-order valence-electron chi connectivity index (χ1n) is 7.68. The fourth-order valence-electron chi connectivity index (χ4n) is 3.23. The Bertz CT molecular complexity index is 665. The van der Waals surface area contributed by atoms with Crippen LogP contribution in [0.15, 0.2) is 30.3 Å². The number of nitrogens with one attached hydrogen (secondary N) is 1. The zero-order valence-electron chi connectivity index (χ0n) is 12.5. The van der Waals surface area contributed by atoms with E-state index in [1.54, 1.807) is 0 Å². The minimum Gasteiger partial charge on any atom is -0.384 e. The molecule has 4 heteroatoms. The number of fused-ring (bicyclic) bond motifs is 1. The normalized spacial score (nSPS) is 18.3. The van der Waals surface area contributed by atoms with Crippen molar-refractivity contribution in [3.63, 3.8) is 0 Å². The summed E-state index contributed by atoms with van der Waals surface area (Å²) in [6, 6.07) is 9.88. The molecule has 0 radical (unpaired) electrons. The van der Waals surface area contributed by atoms with Gasteiger partial charge in [-0.1, -0.05) is 31.5 Å². The maximum absolute atomic E-state index is 7.82. The highest BCUT2D eigenvalue weighted by atomic mass is 15.2. The van der Waals surface area contributed by atoms with Gasteiger partial charge in [-0.3, -0.25) is 5.41 Å². The second kappa shape index (κ2) is 5.72. The molecule has 1 aromatic carbocycles. The number of nitrogen functional groups attached to an aromatic ring is 1. The maximum Gasteiger partial charge on any atom is 0.129 e. The van der Waals surface area contributed by atoms with Gasteiger partial charge in [0.25, 0.3) is 0 Å². The molecular weight excluding hydrogens is 260 g/mol. The molecule has 1 aliphatic heterocycles. The Balaban J connectivity index is 1.98. The zero-order valence-corrected chi connectivity index (χ0v) is 12.5. The minimum absolute atomic E-state index is 0.110. The summed E-state index contributed by atoms with van der Waals surface area (Å²) in [7, 11) is 0. The third kappa shape index (κ3) is 2.71. The van der Waals surface area contributed by atoms with Crippen LogP contribution >= 0.6 is 0 Å². The number of hydrogen-bond donors (Lipinski definition) is 2. The lowest BCUT2D eigenvalue weighted by molar-refractivity contribution is 0.529. The van der Waals surface area contributed by atoms with Crippen molar-refractivity contribution in [2.75, 3.05) is 18.0 Å². The Morgan fingerprint density at radius 3 is 3.00 bits per heavy atom. The van der Waals surface area contributed by atoms with Crippen LogP contribution in [0.3, 0.4) is 0 Å². The molecule has 1 saturated heterocycles. The van der Waals surface area contributed by atoms with Gasteiger partial charge in [0.1, 0.15) is 11.7 Å². The molecule has 110 valence electrons. The SMILES string of the molecule is CCCC1CCN(c2cc(C(=N)N)c3ccccc3n2)C1. The van der Waals surface area contributed by atoms with Crippen molar-refractivity contribution in [3.05, 3.63) is 35.9 Å². The van der Waals surface area contributed by atoms with Crippen LogP contribution in [0.25, 0.3) is 10.9 Å². The summed E-state index contributed by atoms with van der Waals surface area (Å²) in [5.41, 5.74) is 7.46. The van der Waals surface area contributed by atoms with Gasteiger partial charge < -0.3 is 10.6 Å². The third-order valence-electron chi connectivity index (χ3n) is 4.30. The van der Waals surface area contributed by atoms with Gasteiger partial charge in [-0.2, -0.15) is 0 Å². The molecule has 1 unspecified atom stereocenters. The molecule has 2 aromatic rings. The van der Waals surface area contributed by atoms with Gasteiger partial charge in [-0.15, -0.1) is 0 Å². The molecule has 4 nitrogen and oxygen atoms in total. The molecule has 3 rings (SSSR count). The lowest BCUT2D eigenvalue weighted by atomic mass is 10.0. The Kier molecular flexibility index (Phi) is 3.78. The summed E-state index contributed by atoms with van der Waals surface area (Å²) in [4.78, 5) is 7.10. The summed E-state index contributed by atoms with van der Waals surface area (Å²) in [6.45, 7) is 4.36. The number of benzene rings is 1. The van der Waals surface area contributed by atoms with Gasteiger partial charge in [-0.25, -0.2) is 4.98 Å². The summed E-state index contributed by atoms with van der Waals surface area (Å²) >= 11 is 0. The number of amidine groups is 1. The molecule has 0 bridgehead atoms. The lowest BCUT2D eigenvalue weighted by Crippen LogP contribution is -2.22. The van der Waals surface area contributed by atoms with Crippen LogP contribution in [-0.4, -0.2) is 23.9 Å². The number of nitrogens with two attached hydrogens (primary N) is 1. The highest BCUT2D eigenvalue weighted by molar-refractivity contribution is 6.07. The summed E-state index contributed by atoms with van der Waals surface area (Å²) < 4.78 is 0. The van der Waals surface area contributed by atoms with E-state index in [0.29, 0.717) is 0 Å². The van der Waals surface area contributed by atoms with Crippen LogP contribution in [-0.2, 0) is 0 Å². The second-order valence-corrected chi connectivity index (χ2v) is 5.85. The summed E-state index contributed by atoms with van der Waals surface area (Å²) in [5.74, 6) is 1.83. The Labute approximate surface area is 125 Å². The average molecular weight is 282 g/mol. The molecule has 0 amide bonds. The van der Waals surface area contributed by atoms with Crippen molar-refractivity contribution in [1.29, 1.82) is 5.41 Å². The number of hydrogen-bond acceptors (Lipinski definition) is 3. The monoisotopic (exact) mass is 282 g/mol. The van der Waals surface area contributed by atoms with Crippen LogP contribution in [0, 0.1) is 11.3 Å². The van der Waals surface area contributed by atoms with Gasteiger partial charge in [0.15, 0.2) is 0 Å². The lowest BCUT2D eigenvalue weighted by Gasteiger charge is -2.19. The first-order valence-corrected chi connectivity index (χ1v) is 7.68. The summed E-state index contributed by atoms with van der Waals surface area (Å²) in [6.07, 6.45) is 3.75. The van der Waals surface area contributed by atoms with Crippen molar-refractivity contribution in [3.8, 4) is 0 Å². The number of aromatic nitrogens is 1. The average Bonchev–Trinajstić information content (AvgIpc) is 2.95. The van der Waals surface area contributed by atoms with E-state index in [2.05, 4.69) is 11.8 Å². The molecular formula is C17H22N4. The molecule has 1 atom stereocenters. The standard InChI is InChI=1S/C17H22N4/c1-2-5-12-8-9-21(11-12)16-10-14(17(18)19)13-6-3-4-7-15(13)20-16/h3-4,6-7,10,12H,2,5,8-9,11H2,1H3,(H3,18,19). The van der Waals surface area contributed by atoms with Crippen molar-refractivity contribution in [2.24, 2.45) is 11.7 Å². The van der Waals surface area contributed by atoms with E-state index in [-0.39, 0.29) is 5.84 Å². The molecule has 1 aliphatic rings. The third-order valence-corrected chi connectivity index (χ3v) is 4.30. The van der Waals surface area contributed by atoms with E-state index in [0.717, 1.165) is 41.3 Å². The molecule has 0 saturated carbocycles. The number of anilines is 1. The van der Waals surface area contributed by atoms with Crippen LogP contribution < -0.4 is 10.6 Å². The van der Waals surface area contributed by atoms with Crippen LogP contribution in [0.5, 0.6) is 0 Å². The van der Waals surface area contributed by atoms with Gasteiger partial charge in [0.2, 0.25) is 0 Å². The topological polar surface area (TPSA) is 66.0 Å². The molecule has 3 N–H and O–H groups in total. The Hall–Kier alpha value is -2.10. The molecule has 1 aromatic heterocycles. The van der Waals surface area contributed by atoms with Gasteiger partial charge in [0, 0.05) is 24.0 Å². The second-order valence-electron chi connectivity index (χ2n) is 5.85. The molecule has 0 aliphatic carbocycles. The van der Waals surface area contributed by atoms with E-state index < -0.39 is 0 Å². The van der Waals surface area contributed by atoms with Gasteiger partial charge in [-0.05, 0) is 30.9 Å².